The van der Waals surface area contributed by atoms with Gasteiger partial charge in [-0.15, -0.1) is 6.58 Å². The quantitative estimate of drug-likeness (QED) is 0.459. The maximum atomic E-state index is 3.77. The van der Waals surface area contributed by atoms with Gasteiger partial charge in [0.25, 0.3) is 0 Å². The van der Waals surface area contributed by atoms with Crippen LogP contribution in [0.4, 0.5) is 0 Å². The van der Waals surface area contributed by atoms with Crippen molar-refractivity contribution in [3.05, 3.63) is 12.7 Å². The van der Waals surface area contributed by atoms with Crippen molar-refractivity contribution in [1.82, 2.24) is 5.32 Å². The fourth-order valence-electron chi connectivity index (χ4n) is 2.47. The fourth-order valence-corrected chi connectivity index (χ4v) is 3.98. The zero-order chi connectivity index (χ0) is 12.3. The molecule has 0 aromatic heterocycles. The molecule has 2 heteroatoms. The Labute approximate surface area is 112 Å². The summed E-state index contributed by atoms with van der Waals surface area (Å²) in [5.41, 5.74) is 0. The topological polar surface area (TPSA) is 12.0 Å². The minimum atomic E-state index is 0.726. The van der Waals surface area contributed by atoms with Crippen molar-refractivity contribution in [2.45, 2.75) is 69.1 Å². The van der Waals surface area contributed by atoms with Gasteiger partial charge in [-0.05, 0) is 39.2 Å². The predicted molar refractivity (Wildman–Crippen MR) is 80.8 cm³/mol. The zero-order valence-electron chi connectivity index (χ0n) is 11.4. The monoisotopic (exact) mass is 255 g/mol. The highest BCUT2D eigenvalue weighted by Crippen LogP contribution is 2.30. The van der Waals surface area contributed by atoms with Gasteiger partial charge >= 0.3 is 0 Å². The van der Waals surface area contributed by atoms with Gasteiger partial charge in [0.1, 0.15) is 0 Å². The SMILES string of the molecule is C=CCCCCCC(CSC1CCCC1)NC. The van der Waals surface area contributed by atoms with Crippen LogP contribution in [0.15, 0.2) is 12.7 Å². The van der Waals surface area contributed by atoms with Gasteiger partial charge in [-0.25, -0.2) is 0 Å². The van der Waals surface area contributed by atoms with E-state index < -0.39 is 0 Å². The summed E-state index contributed by atoms with van der Waals surface area (Å²) in [5.74, 6) is 1.31. The van der Waals surface area contributed by atoms with Crippen molar-refractivity contribution in [2.24, 2.45) is 0 Å². The number of allylic oxidation sites excluding steroid dienone is 1. The van der Waals surface area contributed by atoms with Gasteiger partial charge in [0, 0.05) is 17.0 Å². The summed E-state index contributed by atoms with van der Waals surface area (Å²) in [5, 5.41) is 4.44. The number of thioether (sulfide) groups is 1. The van der Waals surface area contributed by atoms with E-state index in [-0.39, 0.29) is 0 Å². The molecule has 0 aliphatic heterocycles. The van der Waals surface area contributed by atoms with E-state index in [2.05, 4.69) is 30.7 Å². The van der Waals surface area contributed by atoms with Crippen molar-refractivity contribution in [3.63, 3.8) is 0 Å². The predicted octanol–water partition coefficient (Wildman–Crippen LogP) is 4.39. The molecule has 0 heterocycles. The molecule has 0 radical (unpaired) electrons. The summed E-state index contributed by atoms with van der Waals surface area (Å²) in [6.07, 6.45) is 14.4. The van der Waals surface area contributed by atoms with Crippen LogP contribution >= 0.6 is 11.8 Å². The van der Waals surface area contributed by atoms with Crippen LogP contribution in [0.25, 0.3) is 0 Å². The number of rotatable bonds is 10. The van der Waals surface area contributed by atoms with Crippen LogP contribution in [-0.4, -0.2) is 24.1 Å². The van der Waals surface area contributed by atoms with Gasteiger partial charge in [-0.2, -0.15) is 11.8 Å². The second-order valence-corrected chi connectivity index (χ2v) is 6.49. The van der Waals surface area contributed by atoms with Crippen LogP contribution < -0.4 is 5.32 Å². The molecule has 0 aromatic carbocycles. The van der Waals surface area contributed by atoms with Gasteiger partial charge in [0.05, 0.1) is 0 Å². The second kappa shape index (κ2) is 10.0. The van der Waals surface area contributed by atoms with Gasteiger partial charge < -0.3 is 5.32 Å². The molecule has 100 valence electrons. The third kappa shape index (κ3) is 7.15. The highest BCUT2D eigenvalue weighted by molar-refractivity contribution is 7.99. The summed E-state index contributed by atoms with van der Waals surface area (Å²) in [4.78, 5) is 0. The summed E-state index contributed by atoms with van der Waals surface area (Å²) < 4.78 is 0. The largest absolute Gasteiger partial charge is 0.316 e. The first-order chi connectivity index (χ1) is 8.36. The molecule has 1 rings (SSSR count). The van der Waals surface area contributed by atoms with Crippen LogP contribution in [0.2, 0.25) is 0 Å². The first-order valence-corrected chi connectivity index (χ1v) is 8.31. The number of hydrogen-bond acceptors (Lipinski definition) is 2. The Morgan fingerprint density at radius 2 is 2.06 bits per heavy atom. The van der Waals surface area contributed by atoms with Crippen molar-refractivity contribution < 1.29 is 0 Å². The van der Waals surface area contributed by atoms with E-state index in [4.69, 9.17) is 0 Å². The average molecular weight is 255 g/mol. The Morgan fingerprint density at radius 1 is 1.29 bits per heavy atom. The van der Waals surface area contributed by atoms with Gasteiger partial charge in [0.15, 0.2) is 0 Å². The molecule has 1 nitrogen and oxygen atoms in total. The highest BCUT2D eigenvalue weighted by Gasteiger charge is 2.16. The standard InChI is InChI=1S/C15H29NS/c1-3-4-5-6-7-10-14(16-2)13-17-15-11-8-9-12-15/h3,14-16H,1,4-13H2,2H3. The summed E-state index contributed by atoms with van der Waals surface area (Å²) >= 11 is 2.21. The zero-order valence-corrected chi connectivity index (χ0v) is 12.2. The molecule has 0 saturated heterocycles. The van der Waals surface area contributed by atoms with Crippen LogP contribution in [0.1, 0.15) is 57.8 Å². The Balaban J connectivity index is 2.00. The summed E-state index contributed by atoms with van der Waals surface area (Å²) in [6, 6.07) is 0.726. The Bertz CT molecular complexity index is 187. The second-order valence-electron chi connectivity index (χ2n) is 5.15. The molecule has 1 atom stereocenters. The number of nitrogens with one attached hydrogen (secondary N) is 1. The van der Waals surface area contributed by atoms with E-state index in [9.17, 15) is 0 Å². The summed E-state index contributed by atoms with van der Waals surface area (Å²) in [6.45, 7) is 3.77. The van der Waals surface area contributed by atoms with Crippen LogP contribution in [-0.2, 0) is 0 Å². The van der Waals surface area contributed by atoms with E-state index in [1.807, 2.05) is 6.08 Å². The molecule has 1 saturated carbocycles. The van der Waals surface area contributed by atoms with Crippen LogP contribution in [0.5, 0.6) is 0 Å². The molecule has 0 amide bonds. The van der Waals surface area contributed by atoms with Gasteiger partial charge in [-0.3, -0.25) is 0 Å². The smallest absolute Gasteiger partial charge is 0.0155 e. The van der Waals surface area contributed by atoms with Crippen molar-refractivity contribution in [1.29, 1.82) is 0 Å². The van der Waals surface area contributed by atoms with Crippen LogP contribution in [0.3, 0.4) is 0 Å². The highest BCUT2D eigenvalue weighted by atomic mass is 32.2. The Kier molecular flexibility index (Phi) is 8.90. The molecular formula is C15H29NS. The molecule has 1 N–H and O–H groups in total. The lowest BCUT2D eigenvalue weighted by molar-refractivity contribution is 0.526. The normalized spacial score (nSPS) is 18.4. The first-order valence-electron chi connectivity index (χ1n) is 7.26. The van der Waals surface area contributed by atoms with E-state index in [0.717, 1.165) is 11.3 Å². The van der Waals surface area contributed by atoms with Crippen molar-refractivity contribution >= 4 is 11.8 Å². The molecule has 1 unspecified atom stereocenters. The van der Waals surface area contributed by atoms with Crippen molar-refractivity contribution in [3.8, 4) is 0 Å². The number of unbranched alkanes of at least 4 members (excludes halogenated alkanes) is 3. The maximum Gasteiger partial charge on any atom is 0.0155 e. The van der Waals surface area contributed by atoms with E-state index in [1.165, 1.54) is 63.5 Å². The average Bonchev–Trinajstić information content (AvgIpc) is 2.86. The molecule has 17 heavy (non-hydrogen) atoms. The molecule has 0 spiro atoms. The van der Waals surface area contributed by atoms with Gasteiger partial charge in [0.2, 0.25) is 0 Å². The molecule has 0 bridgehead atoms. The van der Waals surface area contributed by atoms with Crippen molar-refractivity contribution in [2.75, 3.05) is 12.8 Å². The van der Waals surface area contributed by atoms with E-state index >= 15 is 0 Å². The molecule has 1 aliphatic rings. The van der Waals surface area contributed by atoms with E-state index in [1.54, 1.807) is 0 Å². The minimum absolute atomic E-state index is 0.726. The van der Waals surface area contributed by atoms with Crippen LogP contribution in [0, 0.1) is 0 Å². The lowest BCUT2D eigenvalue weighted by Crippen LogP contribution is -2.28. The third-order valence-corrected chi connectivity index (χ3v) is 5.24. The maximum absolute atomic E-state index is 3.77. The minimum Gasteiger partial charge on any atom is -0.316 e. The lowest BCUT2D eigenvalue weighted by atomic mass is 10.1. The van der Waals surface area contributed by atoms with Gasteiger partial charge in [-0.1, -0.05) is 31.8 Å². The molecular weight excluding hydrogens is 226 g/mol. The molecule has 1 aliphatic carbocycles. The fraction of sp³-hybridized carbons (Fsp3) is 0.867. The third-order valence-electron chi connectivity index (χ3n) is 3.70. The van der Waals surface area contributed by atoms with E-state index in [0.29, 0.717) is 0 Å². The lowest BCUT2D eigenvalue weighted by Gasteiger charge is -2.18. The first kappa shape index (κ1) is 15.1. The Hall–Kier alpha value is 0.0500. The molecule has 0 aromatic rings. The Morgan fingerprint density at radius 3 is 2.71 bits per heavy atom. The molecule has 1 fully saturated rings. The number of hydrogen-bond donors (Lipinski definition) is 1. The summed E-state index contributed by atoms with van der Waals surface area (Å²) in [7, 11) is 2.11.